The molecule has 2 aliphatic carbocycles. The number of carbonyl (C=O) groups is 1. The Morgan fingerprint density at radius 1 is 1.50 bits per heavy atom. The van der Waals surface area contributed by atoms with Gasteiger partial charge < -0.3 is 15.3 Å². The van der Waals surface area contributed by atoms with Crippen LogP contribution in [-0.4, -0.2) is 40.1 Å². The lowest BCUT2D eigenvalue weighted by molar-refractivity contribution is -0.138. The van der Waals surface area contributed by atoms with Gasteiger partial charge in [0.2, 0.25) is 0 Å². The Hall–Kier alpha value is -1.55. The number of carboxylic acids is 1. The number of carboxylic acid groups (broad SMARTS) is 1. The Bertz CT molecular complexity index is 504. The fraction of sp³-hybridized carbons (Fsp3) is 0.688. The van der Waals surface area contributed by atoms with Gasteiger partial charge in [-0.15, -0.1) is 0 Å². The van der Waals surface area contributed by atoms with Crippen molar-refractivity contribution in [3.8, 4) is 11.8 Å². The van der Waals surface area contributed by atoms with Crippen molar-refractivity contribution < 1.29 is 25.0 Å². The summed E-state index contributed by atoms with van der Waals surface area (Å²) in [4.78, 5) is 15.5. The first-order valence-corrected chi connectivity index (χ1v) is 7.71. The fourth-order valence-corrected chi connectivity index (χ4v) is 2.92. The second-order valence-corrected chi connectivity index (χ2v) is 5.80. The minimum Gasteiger partial charge on any atom is -0.481 e. The molecule has 0 heterocycles. The summed E-state index contributed by atoms with van der Waals surface area (Å²) in [5.41, 5.74) is 4.81. The van der Waals surface area contributed by atoms with Crippen LogP contribution in [0.3, 0.4) is 0 Å². The van der Waals surface area contributed by atoms with E-state index in [4.69, 9.17) is 9.94 Å². The van der Waals surface area contributed by atoms with Crippen LogP contribution >= 0.6 is 0 Å². The molecule has 0 amide bonds. The second kappa shape index (κ2) is 7.63. The van der Waals surface area contributed by atoms with Crippen molar-refractivity contribution in [3.63, 3.8) is 0 Å². The van der Waals surface area contributed by atoms with Crippen LogP contribution < -0.4 is 5.48 Å². The van der Waals surface area contributed by atoms with Gasteiger partial charge in [-0.25, -0.2) is 0 Å². The molecular formula is C16H23NO5. The van der Waals surface area contributed by atoms with Crippen LogP contribution in [0.4, 0.5) is 0 Å². The summed E-state index contributed by atoms with van der Waals surface area (Å²) < 4.78 is 0. The molecule has 1 fully saturated rings. The van der Waals surface area contributed by atoms with E-state index in [2.05, 4.69) is 17.3 Å². The molecule has 0 aromatic heterocycles. The number of aliphatic hydroxyl groups is 2. The van der Waals surface area contributed by atoms with Gasteiger partial charge in [-0.3, -0.25) is 15.1 Å². The maximum atomic E-state index is 10.4. The molecule has 6 nitrogen and oxygen atoms in total. The van der Waals surface area contributed by atoms with E-state index in [0.717, 1.165) is 24.1 Å². The maximum absolute atomic E-state index is 10.4. The molecule has 2 rings (SSSR count). The summed E-state index contributed by atoms with van der Waals surface area (Å²) in [5, 5.41) is 28.3. The Morgan fingerprint density at radius 3 is 2.95 bits per heavy atom. The third kappa shape index (κ3) is 4.01. The highest BCUT2D eigenvalue weighted by Gasteiger charge is 2.45. The molecule has 0 aromatic carbocycles. The molecule has 0 aromatic rings. The monoisotopic (exact) mass is 309 g/mol. The van der Waals surface area contributed by atoms with E-state index >= 15 is 0 Å². The molecule has 4 N–H and O–H groups in total. The van der Waals surface area contributed by atoms with Gasteiger partial charge in [-0.05, 0) is 24.8 Å². The van der Waals surface area contributed by atoms with Crippen LogP contribution in [0.25, 0.3) is 0 Å². The summed E-state index contributed by atoms with van der Waals surface area (Å²) in [7, 11) is 0. The van der Waals surface area contributed by atoms with E-state index in [1.54, 1.807) is 0 Å². The standard InChI is InChI=1S/C16H23NO5/c1-2-3-10(18)4-5-11-12-8-14(13(12)9-15(11)19)17-22-7-6-16(20)21/h10-12,15,17-19H,2-3,6-9H2,1H3,(H,20,21). The summed E-state index contributed by atoms with van der Waals surface area (Å²) in [5.74, 6) is 5.02. The van der Waals surface area contributed by atoms with E-state index in [0.29, 0.717) is 12.8 Å². The molecule has 22 heavy (non-hydrogen) atoms. The molecule has 0 spiro atoms. The highest BCUT2D eigenvalue weighted by Crippen LogP contribution is 2.48. The van der Waals surface area contributed by atoms with Gasteiger partial charge in [0, 0.05) is 11.6 Å². The summed E-state index contributed by atoms with van der Waals surface area (Å²) >= 11 is 0. The minimum absolute atomic E-state index is 0.0505. The highest BCUT2D eigenvalue weighted by atomic mass is 16.6. The maximum Gasteiger partial charge on any atom is 0.305 e. The van der Waals surface area contributed by atoms with Crippen molar-refractivity contribution in [2.45, 2.75) is 51.2 Å². The van der Waals surface area contributed by atoms with E-state index in [-0.39, 0.29) is 24.9 Å². The first kappa shape index (κ1) is 16.8. The lowest BCUT2D eigenvalue weighted by atomic mass is 9.79. The third-order valence-electron chi connectivity index (χ3n) is 4.13. The molecule has 4 unspecified atom stereocenters. The largest absolute Gasteiger partial charge is 0.481 e. The van der Waals surface area contributed by atoms with Gasteiger partial charge in [-0.2, -0.15) is 0 Å². The molecule has 0 radical (unpaired) electrons. The van der Waals surface area contributed by atoms with Crippen LogP contribution in [-0.2, 0) is 9.63 Å². The first-order chi connectivity index (χ1) is 10.5. The Labute approximate surface area is 130 Å². The number of aliphatic hydroxyl groups excluding tert-OH is 2. The summed E-state index contributed by atoms with van der Waals surface area (Å²) in [6.45, 7) is 2.09. The molecule has 0 saturated heterocycles. The van der Waals surface area contributed by atoms with Crippen LogP contribution in [0.1, 0.15) is 39.0 Å². The van der Waals surface area contributed by atoms with Gasteiger partial charge in [0.1, 0.15) is 6.10 Å². The predicted octanol–water partition coefficient (Wildman–Crippen LogP) is 0.802. The van der Waals surface area contributed by atoms with Crippen LogP contribution in [0.5, 0.6) is 0 Å². The molecule has 122 valence electrons. The Morgan fingerprint density at radius 2 is 2.27 bits per heavy atom. The van der Waals surface area contributed by atoms with Crippen molar-refractivity contribution in [1.29, 1.82) is 0 Å². The average Bonchev–Trinajstić information content (AvgIpc) is 2.69. The molecule has 2 aliphatic rings. The predicted molar refractivity (Wildman–Crippen MR) is 79.3 cm³/mol. The van der Waals surface area contributed by atoms with Crippen LogP contribution in [0, 0.1) is 23.7 Å². The quantitative estimate of drug-likeness (QED) is 0.315. The number of allylic oxidation sites excluding steroid dienone is 1. The fourth-order valence-electron chi connectivity index (χ4n) is 2.92. The Balaban J connectivity index is 1.86. The van der Waals surface area contributed by atoms with Gasteiger partial charge in [0.25, 0.3) is 0 Å². The lowest BCUT2D eigenvalue weighted by Crippen LogP contribution is -2.30. The number of fused-ring (bicyclic) bond motifs is 1. The number of hydroxylamine groups is 1. The second-order valence-electron chi connectivity index (χ2n) is 5.80. The van der Waals surface area contributed by atoms with Gasteiger partial charge in [0.15, 0.2) is 0 Å². The number of aliphatic carboxylic acids is 1. The van der Waals surface area contributed by atoms with E-state index in [9.17, 15) is 15.0 Å². The smallest absolute Gasteiger partial charge is 0.305 e. The molecule has 0 aliphatic heterocycles. The average molecular weight is 309 g/mol. The van der Waals surface area contributed by atoms with Crippen molar-refractivity contribution in [1.82, 2.24) is 5.48 Å². The number of rotatable bonds is 7. The van der Waals surface area contributed by atoms with Crippen LogP contribution in [0.15, 0.2) is 11.3 Å². The zero-order chi connectivity index (χ0) is 16.1. The molecular weight excluding hydrogens is 286 g/mol. The lowest BCUT2D eigenvalue weighted by Gasteiger charge is -2.30. The van der Waals surface area contributed by atoms with Gasteiger partial charge in [0.05, 0.1) is 25.0 Å². The van der Waals surface area contributed by atoms with E-state index < -0.39 is 18.2 Å². The molecule has 0 bridgehead atoms. The van der Waals surface area contributed by atoms with Gasteiger partial charge in [-0.1, -0.05) is 25.2 Å². The number of nitrogens with one attached hydrogen (secondary N) is 1. The van der Waals surface area contributed by atoms with Crippen molar-refractivity contribution in [2.24, 2.45) is 11.8 Å². The van der Waals surface area contributed by atoms with E-state index in [1.807, 2.05) is 6.92 Å². The van der Waals surface area contributed by atoms with Crippen LogP contribution in [0.2, 0.25) is 0 Å². The third-order valence-corrected chi connectivity index (χ3v) is 4.13. The normalized spacial score (nSPS) is 27.5. The molecule has 1 saturated carbocycles. The topological polar surface area (TPSA) is 99.0 Å². The first-order valence-electron chi connectivity index (χ1n) is 7.71. The highest BCUT2D eigenvalue weighted by molar-refractivity contribution is 5.66. The molecule has 4 atom stereocenters. The van der Waals surface area contributed by atoms with Crippen molar-refractivity contribution in [3.05, 3.63) is 11.3 Å². The Kier molecular flexibility index (Phi) is 5.83. The SMILES string of the molecule is CCCC(O)C#CC1C(O)CC2=C(NOCCC(=O)O)CC21. The number of hydrogen-bond donors (Lipinski definition) is 4. The van der Waals surface area contributed by atoms with Gasteiger partial charge >= 0.3 is 5.97 Å². The summed E-state index contributed by atoms with van der Waals surface area (Å²) in [6, 6.07) is 0. The van der Waals surface area contributed by atoms with E-state index in [1.165, 1.54) is 0 Å². The zero-order valence-electron chi connectivity index (χ0n) is 12.7. The van der Waals surface area contributed by atoms with Crippen molar-refractivity contribution >= 4 is 5.97 Å². The molecule has 6 heteroatoms. The minimum atomic E-state index is -0.900. The number of hydrogen-bond acceptors (Lipinski definition) is 5. The summed E-state index contributed by atoms with van der Waals surface area (Å²) in [6.07, 6.45) is 1.63. The zero-order valence-corrected chi connectivity index (χ0v) is 12.7. The van der Waals surface area contributed by atoms with Crippen molar-refractivity contribution in [2.75, 3.05) is 6.61 Å².